The van der Waals surface area contributed by atoms with Crippen molar-refractivity contribution in [2.45, 2.75) is 19.9 Å². The summed E-state index contributed by atoms with van der Waals surface area (Å²) in [6, 6.07) is 0.476. The number of likely N-dealkylation sites (N-methyl/N-ethyl adjacent to an activating group) is 1. The molecule has 1 aliphatic rings. The summed E-state index contributed by atoms with van der Waals surface area (Å²) in [5, 5.41) is 3.05. The zero-order chi connectivity index (χ0) is 11.4. The average Bonchev–Trinajstić information content (AvgIpc) is 2.21. The van der Waals surface area contributed by atoms with Crippen molar-refractivity contribution < 1.29 is 4.79 Å². The highest BCUT2D eigenvalue weighted by Gasteiger charge is 2.26. The fourth-order valence-electron chi connectivity index (χ4n) is 1.95. The summed E-state index contributed by atoms with van der Waals surface area (Å²) in [5.41, 5.74) is 0. The highest BCUT2D eigenvalue weighted by Crippen LogP contribution is 2.10. The van der Waals surface area contributed by atoms with Crippen LogP contribution < -0.4 is 5.32 Å². The van der Waals surface area contributed by atoms with E-state index in [9.17, 15) is 4.79 Å². The van der Waals surface area contributed by atoms with Gasteiger partial charge in [-0.15, -0.1) is 0 Å². The Labute approximate surface area is 92.6 Å². The molecule has 0 aliphatic carbocycles. The molecule has 1 amide bonds. The van der Waals surface area contributed by atoms with Crippen LogP contribution in [0.15, 0.2) is 0 Å². The molecule has 1 saturated heterocycles. The fraction of sp³-hybridized carbons (Fsp3) is 0.909. The zero-order valence-corrected chi connectivity index (χ0v) is 10.3. The minimum absolute atomic E-state index is 0.0885. The number of rotatable bonds is 3. The molecule has 1 N–H and O–H groups in total. The van der Waals surface area contributed by atoms with E-state index in [4.69, 9.17) is 0 Å². The van der Waals surface area contributed by atoms with Crippen molar-refractivity contribution in [1.82, 2.24) is 15.1 Å². The van der Waals surface area contributed by atoms with Crippen LogP contribution in [-0.2, 0) is 4.79 Å². The van der Waals surface area contributed by atoms with Gasteiger partial charge in [0, 0.05) is 38.1 Å². The molecule has 1 fully saturated rings. The molecule has 1 heterocycles. The monoisotopic (exact) mass is 213 g/mol. The van der Waals surface area contributed by atoms with Gasteiger partial charge in [0.25, 0.3) is 0 Å². The first-order chi connectivity index (χ1) is 7.06. The summed E-state index contributed by atoms with van der Waals surface area (Å²) in [6.45, 7) is 7.64. The number of hydrogen-bond donors (Lipinski definition) is 1. The van der Waals surface area contributed by atoms with Gasteiger partial charge in [0.05, 0.1) is 0 Å². The van der Waals surface area contributed by atoms with Crippen molar-refractivity contribution >= 4 is 5.91 Å². The van der Waals surface area contributed by atoms with Gasteiger partial charge in [0.2, 0.25) is 5.91 Å². The average molecular weight is 213 g/mol. The molecule has 0 radical (unpaired) electrons. The lowest BCUT2D eigenvalue weighted by Gasteiger charge is -2.38. The number of carbonyl (C=O) groups excluding carboxylic acids is 1. The number of carbonyl (C=O) groups is 1. The highest BCUT2D eigenvalue weighted by molar-refractivity contribution is 5.78. The van der Waals surface area contributed by atoms with Gasteiger partial charge in [-0.05, 0) is 21.0 Å². The molecule has 2 unspecified atom stereocenters. The largest absolute Gasteiger partial charge is 0.340 e. The number of piperazine rings is 1. The van der Waals surface area contributed by atoms with E-state index in [0.717, 1.165) is 26.2 Å². The van der Waals surface area contributed by atoms with Crippen LogP contribution in [0.3, 0.4) is 0 Å². The smallest absolute Gasteiger partial charge is 0.226 e. The lowest BCUT2D eigenvalue weighted by atomic mass is 10.1. The number of amides is 1. The number of hydrogen-bond acceptors (Lipinski definition) is 3. The third kappa shape index (κ3) is 3.18. The van der Waals surface area contributed by atoms with E-state index in [1.54, 1.807) is 0 Å². The van der Waals surface area contributed by atoms with E-state index >= 15 is 0 Å². The Bertz CT molecular complexity index is 220. The van der Waals surface area contributed by atoms with E-state index in [1.807, 2.05) is 18.9 Å². The molecule has 1 rings (SSSR count). The van der Waals surface area contributed by atoms with Crippen molar-refractivity contribution in [2.24, 2.45) is 5.92 Å². The van der Waals surface area contributed by atoms with Gasteiger partial charge in [0.1, 0.15) is 0 Å². The fourth-order valence-corrected chi connectivity index (χ4v) is 1.95. The van der Waals surface area contributed by atoms with Crippen LogP contribution in [0.5, 0.6) is 0 Å². The van der Waals surface area contributed by atoms with Crippen molar-refractivity contribution in [1.29, 1.82) is 0 Å². The molecule has 88 valence electrons. The minimum atomic E-state index is 0.0885. The summed E-state index contributed by atoms with van der Waals surface area (Å²) in [4.78, 5) is 16.3. The second kappa shape index (κ2) is 5.47. The first-order valence-corrected chi connectivity index (χ1v) is 5.70. The van der Waals surface area contributed by atoms with E-state index in [-0.39, 0.29) is 11.8 Å². The Morgan fingerprint density at radius 1 is 1.53 bits per heavy atom. The van der Waals surface area contributed by atoms with Crippen LogP contribution in [0.4, 0.5) is 0 Å². The maximum atomic E-state index is 12.0. The van der Waals surface area contributed by atoms with Gasteiger partial charge in [0.15, 0.2) is 0 Å². The van der Waals surface area contributed by atoms with Gasteiger partial charge < -0.3 is 15.1 Å². The lowest BCUT2D eigenvalue weighted by Crippen LogP contribution is -2.53. The topological polar surface area (TPSA) is 35.6 Å². The Hall–Kier alpha value is -0.610. The molecule has 0 saturated carbocycles. The van der Waals surface area contributed by atoms with Crippen LogP contribution in [0.2, 0.25) is 0 Å². The number of nitrogens with one attached hydrogen (secondary N) is 1. The first-order valence-electron chi connectivity index (χ1n) is 5.70. The summed E-state index contributed by atoms with van der Waals surface area (Å²) in [7, 11) is 4.00. The van der Waals surface area contributed by atoms with Crippen molar-refractivity contribution in [3.8, 4) is 0 Å². The molecule has 0 aromatic carbocycles. The molecular weight excluding hydrogens is 190 g/mol. The third-order valence-electron chi connectivity index (χ3n) is 3.20. The molecule has 1 aliphatic heterocycles. The van der Waals surface area contributed by atoms with E-state index < -0.39 is 0 Å². The van der Waals surface area contributed by atoms with Gasteiger partial charge in [-0.1, -0.05) is 6.92 Å². The first kappa shape index (κ1) is 12.5. The highest BCUT2D eigenvalue weighted by atomic mass is 16.2. The zero-order valence-electron chi connectivity index (χ0n) is 10.3. The second-order valence-corrected chi connectivity index (χ2v) is 4.57. The van der Waals surface area contributed by atoms with Crippen LogP contribution in [0.1, 0.15) is 13.8 Å². The van der Waals surface area contributed by atoms with Crippen LogP contribution in [0.25, 0.3) is 0 Å². The molecule has 0 aromatic heterocycles. The van der Waals surface area contributed by atoms with E-state index in [2.05, 4.69) is 24.2 Å². The lowest BCUT2D eigenvalue weighted by molar-refractivity contribution is -0.137. The van der Waals surface area contributed by atoms with Crippen LogP contribution in [0, 0.1) is 5.92 Å². The predicted octanol–water partition coefficient (Wildman–Crippen LogP) is 0.00440. The van der Waals surface area contributed by atoms with Crippen LogP contribution >= 0.6 is 0 Å². The molecule has 15 heavy (non-hydrogen) atoms. The molecule has 2 atom stereocenters. The Morgan fingerprint density at radius 3 is 2.73 bits per heavy atom. The SMILES string of the molecule is CNCC(C)C(=O)N1CCN(C)C(C)C1. The normalized spacial score (nSPS) is 25.3. The summed E-state index contributed by atoms with van der Waals surface area (Å²) in [5.74, 6) is 0.370. The molecule has 0 bridgehead atoms. The predicted molar refractivity (Wildman–Crippen MR) is 61.8 cm³/mol. The second-order valence-electron chi connectivity index (χ2n) is 4.57. The third-order valence-corrected chi connectivity index (χ3v) is 3.20. The maximum absolute atomic E-state index is 12.0. The summed E-state index contributed by atoms with van der Waals surface area (Å²) in [6.07, 6.45) is 0. The number of nitrogens with zero attached hydrogens (tertiary/aromatic N) is 2. The molecule has 0 aromatic rings. The van der Waals surface area contributed by atoms with Gasteiger partial charge in [-0.25, -0.2) is 0 Å². The van der Waals surface area contributed by atoms with E-state index in [0.29, 0.717) is 6.04 Å². The molecule has 4 heteroatoms. The van der Waals surface area contributed by atoms with E-state index in [1.165, 1.54) is 0 Å². The van der Waals surface area contributed by atoms with Crippen LogP contribution in [-0.4, -0.2) is 62.0 Å². The molecular formula is C11H23N3O. The quantitative estimate of drug-likeness (QED) is 0.717. The Kier molecular flexibility index (Phi) is 4.54. The van der Waals surface area contributed by atoms with Gasteiger partial charge >= 0.3 is 0 Å². The van der Waals surface area contributed by atoms with Crippen molar-refractivity contribution in [3.63, 3.8) is 0 Å². The Morgan fingerprint density at radius 2 is 2.20 bits per heavy atom. The summed E-state index contributed by atoms with van der Waals surface area (Å²) >= 11 is 0. The molecule has 0 spiro atoms. The van der Waals surface area contributed by atoms with Crippen molar-refractivity contribution in [2.75, 3.05) is 40.3 Å². The Balaban J connectivity index is 2.47. The standard InChI is InChI=1S/C11H23N3O/c1-9(7-12-3)11(15)14-6-5-13(4)10(2)8-14/h9-10,12H,5-8H2,1-4H3. The van der Waals surface area contributed by atoms with Crippen molar-refractivity contribution in [3.05, 3.63) is 0 Å². The van der Waals surface area contributed by atoms with Gasteiger partial charge in [-0.2, -0.15) is 0 Å². The summed E-state index contributed by atoms with van der Waals surface area (Å²) < 4.78 is 0. The maximum Gasteiger partial charge on any atom is 0.226 e. The minimum Gasteiger partial charge on any atom is -0.340 e. The molecule has 4 nitrogen and oxygen atoms in total. The van der Waals surface area contributed by atoms with Gasteiger partial charge in [-0.3, -0.25) is 4.79 Å².